The molecule has 328 valence electrons. The van der Waals surface area contributed by atoms with Gasteiger partial charge >= 0.3 is 15.9 Å². The van der Waals surface area contributed by atoms with Gasteiger partial charge in [0.05, 0.1) is 4.31 Å². The van der Waals surface area contributed by atoms with Gasteiger partial charge in [0.2, 0.25) is 5.30 Å². The molecule has 5 aromatic carbocycles. The fourth-order valence-corrected chi connectivity index (χ4v) is 12.1. The van der Waals surface area contributed by atoms with Crippen molar-refractivity contribution in [3.63, 3.8) is 0 Å². The number of benzene rings is 5. The average molecular weight is 865 g/mol. The van der Waals surface area contributed by atoms with Crippen molar-refractivity contribution in [3.05, 3.63) is 149 Å². The third-order valence-corrected chi connectivity index (χ3v) is 15.9. The van der Waals surface area contributed by atoms with Gasteiger partial charge in [-0.3, -0.25) is 13.6 Å². The molecule has 0 fully saturated rings. The minimum atomic E-state index is -4.14. The van der Waals surface area contributed by atoms with Crippen molar-refractivity contribution in [1.29, 1.82) is 0 Å². The Morgan fingerprint density at radius 2 is 0.639 bits per heavy atom. The fourth-order valence-electron chi connectivity index (χ4n) is 7.07. The maximum atomic E-state index is 13.6. The Labute approximate surface area is 370 Å². The maximum absolute atomic E-state index is 13.6. The van der Waals surface area contributed by atoms with Crippen LogP contribution in [0.2, 0.25) is 0 Å². The van der Waals surface area contributed by atoms with E-state index in [0.29, 0.717) is 27.9 Å². The highest BCUT2D eigenvalue weighted by Gasteiger charge is 2.68. The zero-order chi connectivity index (χ0) is 45.6. The lowest BCUT2D eigenvalue weighted by molar-refractivity contribution is 0.307. The van der Waals surface area contributed by atoms with Crippen LogP contribution in [-0.4, -0.2) is 4.89 Å². The summed E-state index contributed by atoms with van der Waals surface area (Å²) in [6.07, 6.45) is 0. The molecule has 5 aromatic rings. The normalized spacial score (nSPS) is 14.3. The second kappa shape index (κ2) is 17.1. The summed E-state index contributed by atoms with van der Waals surface area (Å²) in [5.74, 6) is 1.78. The van der Waals surface area contributed by atoms with Crippen LogP contribution >= 0.6 is 15.9 Å². The Morgan fingerprint density at radius 3 is 0.934 bits per heavy atom. The molecule has 0 radical (unpaired) electrons. The Hall–Kier alpha value is -3.72. The molecule has 61 heavy (non-hydrogen) atoms. The van der Waals surface area contributed by atoms with Crippen molar-refractivity contribution in [1.82, 2.24) is 0 Å². The van der Waals surface area contributed by atoms with Crippen LogP contribution in [0.3, 0.4) is 0 Å². The van der Waals surface area contributed by atoms with E-state index in [2.05, 4.69) is 161 Å². The zero-order valence-electron chi connectivity index (χ0n) is 40.4. The molecule has 0 aliphatic carbocycles. The van der Waals surface area contributed by atoms with Crippen molar-refractivity contribution in [2.75, 3.05) is 0 Å². The van der Waals surface area contributed by atoms with Gasteiger partial charge < -0.3 is 0 Å². The molecule has 1 unspecified atom stereocenters. The quantitative estimate of drug-likeness (QED) is 0.142. The molecule has 0 heterocycles. The van der Waals surface area contributed by atoms with E-state index in [1.807, 2.05) is 78.9 Å². The SMILES string of the molecule is CC(C)(C)c1ccc(O[P+](O)(O[P+](Oc2ccc(C(C)(C)C)cc2C(C)(C)C)(Oc2ccc(C(C)(C)C)cc2C(C)(C)C)c2ccccc2)c2ccccc2)c(C(C)(C)C)c1. The second-order valence-corrected chi connectivity index (χ2v) is 26.9. The molecule has 0 spiro atoms. The lowest BCUT2D eigenvalue weighted by Gasteiger charge is -2.31. The van der Waals surface area contributed by atoms with E-state index < -0.39 is 15.9 Å². The van der Waals surface area contributed by atoms with E-state index in [1.165, 1.54) is 16.7 Å². The zero-order valence-corrected chi connectivity index (χ0v) is 42.2. The van der Waals surface area contributed by atoms with Crippen LogP contribution in [0.15, 0.2) is 115 Å². The molecule has 0 aliphatic rings. The number of hydrogen-bond acceptors (Lipinski definition) is 5. The Balaban J connectivity index is 1.89. The molecule has 0 bridgehead atoms. The van der Waals surface area contributed by atoms with Gasteiger partial charge in [0, 0.05) is 16.7 Å². The van der Waals surface area contributed by atoms with Crippen LogP contribution in [-0.2, 0) is 36.8 Å². The van der Waals surface area contributed by atoms with Gasteiger partial charge in [0.25, 0.3) is 0 Å². The fraction of sp³-hybridized carbons (Fsp3) is 0.444. The summed E-state index contributed by atoms with van der Waals surface area (Å²) >= 11 is 0. The van der Waals surface area contributed by atoms with E-state index in [9.17, 15) is 4.89 Å². The van der Waals surface area contributed by atoms with Gasteiger partial charge in [-0.15, -0.1) is 0 Å². The molecule has 0 aliphatic heterocycles. The summed E-state index contributed by atoms with van der Waals surface area (Å²) < 4.78 is 29.7. The van der Waals surface area contributed by atoms with E-state index in [0.717, 1.165) is 16.7 Å². The summed E-state index contributed by atoms with van der Waals surface area (Å²) in [5.41, 5.74) is 5.22. The van der Waals surface area contributed by atoms with E-state index in [-0.39, 0.29) is 32.5 Å². The predicted molar refractivity (Wildman–Crippen MR) is 263 cm³/mol. The summed E-state index contributed by atoms with van der Waals surface area (Å²) in [4.78, 5) is 13.6. The molecule has 5 nitrogen and oxygen atoms in total. The van der Waals surface area contributed by atoms with Crippen molar-refractivity contribution in [2.45, 2.75) is 157 Å². The summed E-state index contributed by atoms with van der Waals surface area (Å²) in [6, 6.07) is 38.4. The molecule has 0 saturated carbocycles. The number of rotatable bonds is 10. The van der Waals surface area contributed by atoms with Gasteiger partial charge in [0.1, 0.15) is 0 Å². The molecular weight excluding hydrogens is 791 g/mol. The summed E-state index contributed by atoms with van der Waals surface area (Å²) in [7, 11) is -8.08. The molecule has 1 atom stereocenters. The molecule has 5 rings (SSSR count). The highest BCUT2D eigenvalue weighted by Crippen LogP contribution is 2.74. The topological polar surface area (TPSA) is 57.2 Å². The van der Waals surface area contributed by atoms with Crippen molar-refractivity contribution in [2.24, 2.45) is 0 Å². The third-order valence-electron chi connectivity index (χ3n) is 11.0. The van der Waals surface area contributed by atoms with Gasteiger partial charge in [-0.05, 0) is 91.6 Å². The standard InChI is InChI=1S/C54H74O5P2/c1-49(2,3)38-29-32-46(43(35-38)52(10,11)12)56-60(55,41-25-21-19-22-26-41)59-61(42-27-23-20-24-28-42,57-47-33-30-39(50(4,5)6)36-44(47)53(13,14)15)58-48-34-31-40(51(7,8)9)37-45(48)54(16,17)18/h19-37,55H,1-18H3/q+2. The van der Waals surface area contributed by atoms with Gasteiger partial charge in [0.15, 0.2) is 22.6 Å². The van der Waals surface area contributed by atoms with Gasteiger partial charge in [-0.25, -0.2) is 0 Å². The Bertz CT molecular complexity index is 2200. The first-order valence-electron chi connectivity index (χ1n) is 21.7. The number of hydrogen-bond donors (Lipinski definition) is 1. The second-order valence-electron chi connectivity index (χ2n) is 22.7. The van der Waals surface area contributed by atoms with E-state index in [4.69, 9.17) is 17.9 Å². The van der Waals surface area contributed by atoms with Crippen LogP contribution in [0.5, 0.6) is 17.2 Å². The average Bonchev–Trinajstić information content (AvgIpc) is 3.13. The van der Waals surface area contributed by atoms with Crippen molar-refractivity contribution >= 4 is 26.5 Å². The highest BCUT2D eigenvalue weighted by molar-refractivity contribution is 7.82. The van der Waals surface area contributed by atoms with Crippen LogP contribution in [0.4, 0.5) is 0 Å². The van der Waals surface area contributed by atoms with Crippen molar-refractivity contribution in [3.8, 4) is 17.2 Å². The summed E-state index contributed by atoms with van der Waals surface area (Å²) in [6.45, 7) is 39.6. The largest absolute Gasteiger partial charge is 0.585 e. The van der Waals surface area contributed by atoms with E-state index in [1.54, 1.807) is 0 Å². The van der Waals surface area contributed by atoms with Crippen LogP contribution in [0.1, 0.15) is 158 Å². The lowest BCUT2D eigenvalue weighted by Crippen LogP contribution is -2.30. The van der Waals surface area contributed by atoms with E-state index >= 15 is 0 Å². The molecule has 0 amide bonds. The predicted octanol–water partition coefficient (Wildman–Crippen LogP) is 15.2. The van der Waals surface area contributed by atoms with Crippen LogP contribution in [0.25, 0.3) is 0 Å². The van der Waals surface area contributed by atoms with Gasteiger partial charge in [-0.1, -0.05) is 197 Å². The first kappa shape index (κ1) is 48.3. The smallest absolute Gasteiger partial charge is 0.277 e. The monoisotopic (exact) mass is 865 g/mol. The third kappa shape index (κ3) is 11.5. The van der Waals surface area contributed by atoms with Crippen LogP contribution < -0.4 is 24.2 Å². The Kier molecular flexibility index (Phi) is 13.5. The maximum Gasteiger partial charge on any atom is 0.585 e. The first-order chi connectivity index (χ1) is 27.8. The molecule has 0 saturated heterocycles. The van der Waals surface area contributed by atoms with Crippen molar-refractivity contribution < 1.29 is 22.8 Å². The van der Waals surface area contributed by atoms with Crippen LogP contribution in [0, 0.1) is 0 Å². The highest BCUT2D eigenvalue weighted by atomic mass is 31.3. The minimum Gasteiger partial charge on any atom is -0.277 e. The minimum absolute atomic E-state index is 0.101. The molecule has 7 heteroatoms. The first-order valence-corrected chi connectivity index (χ1v) is 24.8. The lowest BCUT2D eigenvalue weighted by atomic mass is 9.80. The molecular formula is C54H74O5P2+2. The Morgan fingerprint density at radius 1 is 0.344 bits per heavy atom. The summed E-state index contributed by atoms with van der Waals surface area (Å²) in [5, 5.41) is 1.16. The molecule has 1 N–H and O–H groups in total. The van der Waals surface area contributed by atoms with Gasteiger partial charge in [-0.2, -0.15) is 4.89 Å². The molecule has 0 aromatic heterocycles.